The van der Waals surface area contributed by atoms with Crippen LogP contribution < -0.4 is 0 Å². The van der Waals surface area contributed by atoms with E-state index in [0.717, 1.165) is 12.0 Å². The van der Waals surface area contributed by atoms with E-state index in [4.69, 9.17) is 0 Å². The number of hydrogen-bond donors (Lipinski definition) is 0. The molecule has 3 rings (SSSR count). The SMILES string of the molecule is CCC(c1ccc(F)cc1)n1ccc2ccccc21. The van der Waals surface area contributed by atoms with Crippen molar-refractivity contribution in [2.45, 2.75) is 19.4 Å². The summed E-state index contributed by atoms with van der Waals surface area (Å²) in [6, 6.07) is 17.5. The average Bonchev–Trinajstić information content (AvgIpc) is 2.86. The van der Waals surface area contributed by atoms with Crippen LogP contribution in [0.5, 0.6) is 0 Å². The fraction of sp³-hybridized carbons (Fsp3) is 0.176. The standard InChI is InChI=1S/C17H16FN/c1-2-16(14-7-9-15(18)10-8-14)19-12-11-13-5-3-4-6-17(13)19/h3-12,16H,2H2,1H3. The zero-order chi connectivity index (χ0) is 13.2. The summed E-state index contributed by atoms with van der Waals surface area (Å²) in [6.45, 7) is 2.16. The molecule has 0 bridgehead atoms. The molecule has 1 unspecified atom stereocenters. The van der Waals surface area contributed by atoms with E-state index in [1.54, 1.807) is 0 Å². The van der Waals surface area contributed by atoms with Crippen LogP contribution in [0.15, 0.2) is 60.8 Å². The molecular weight excluding hydrogens is 237 g/mol. The molecule has 1 atom stereocenters. The largest absolute Gasteiger partial charge is 0.340 e. The first-order valence-electron chi connectivity index (χ1n) is 6.60. The zero-order valence-electron chi connectivity index (χ0n) is 10.9. The normalized spacial score (nSPS) is 12.7. The number of fused-ring (bicyclic) bond motifs is 1. The Kier molecular flexibility index (Phi) is 3.08. The molecule has 19 heavy (non-hydrogen) atoms. The second-order valence-electron chi connectivity index (χ2n) is 4.76. The number of benzene rings is 2. The van der Waals surface area contributed by atoms with Gasteiger partial charge in [-0.3, -0.25) is 0 Å². The third kappa shape index (κ3) is 2.14. The highest BCUT2D eigenvalue weighted by atomic mass is 19.1. The zero-order valence-corrected chi connectivity index (χ0v) is 10.9. The summed E-state index contributed by atoms with van der Waals surface area (Å²) in [7, 11) is 0. The van der Waals surface area contributed by atoms with Crippen molar-refractivity contribution in [1.29, 1.82) is 0 Å². The molecular formula is C17H16FN. The maximum Gasteiger partial charge on any atom is 0.123 e. The molecule has 0 amide bonds. The summed E-state index contributed by atoms with van der Waals surface area (Å²) in [6.07, 6.45) is 3.09. The van der Waals surface area contributed by atoms with Crippen LogP contribution in [0.4, 0.5) is 4.39 Å². The molecule has 0 saturated heterocycles. The Morgan fingerprint density at radius 1 is 1.00 bits per heavy atom. The van der Waals surface area contributed by atoms with Crippen molar-refractivity contribution in [3.63, 3.8) is 0 Å². The van der Waals surface area contributed by atoms with Gasteiger partial charge in [0.15, 0.2) is 0 Å². The van der Waals surface area contributed by atoms with E-state index in [1.165, 1.54) is 23.0 Å². The van der Waals surface area contributed by atoms with Crippen LogP contribution in [0.25, 0.3) is 10.9 Å². The van der Waals surface area contributed by atoms with E-state index >= 15 is 0 Å². The highest BCUT2D eigenvalue weighted by molar-refractivity contribution is 5.80. The third-order valence-electron chi connectivity index (χ3n) is 3.61. The average molecular weight is 253 g/mol. The van der Waals surface area contributed by atoms with E-state index in [0.29, 0.717) is 0 Å². The Morgan fingerprint density at radius 3 is 2.47 bits per heavy atom. The highest BCUT2D eigenvalue weighted by Crippen LogP contribution is 2.27. The van der Waals surface area contributed by atoms with Crippen LogP contribution in [0.3, 0.4) is 0 Å². The summed E-state index contributed by atoms with van der Waals surface area (Å²) in [4.78, 5) is 0. The van der Waals surface area contributed by atoms with Crippen molar-refractivity contribution in [1.82, 2.24) is 4.57 Å². The van der Waals surface area contributed by atoms with Gasteiger partial charge in [-0.05, 0) is 41.6 Å². The Balaban J connectivity index is 2.09. The summed E-state index contributed by atoms with van der Waals surface area (Å²) >= 11 is 0. The second kappa shape index (κ2) is 4.88. The second-order valence-corrected chi connectivity index (χ2v) is 4.76. The van der Waals surface area contributed by atoms with Crippen molar-refractivity contribution in [2.24, 2.45) is 0 Å². The lowest BCUT2D eigenvalue weighted by Crippen LogP contribution is -2.08. The van der Waals surface area contributed by atoms with E-state index < -0.39 is 0 Å². The Labute approximate surface area is 112 Å². The van der Waals surface area contributed by atoms with Gasteiger partial charge in [0.2, 0.25) is 0 Å². The van der Waals surface area contributed by atoms with Crippen LogP contribution in [-0.4, -0.2) is 4.57 Å². The number of aromatic nitrogens is 1. The highest BCUT2D eigenvalue weighted by Gasteiger charge is 2.13. The maximum atomic E-state index is 13.0. The van der Waals surface area contributed by atoms with E-state index in [-0.39, 0.29) is 11.9 Å². The summed E-state index contributed by atoms with van der Waals surface area (Å²) in [5.41, 5.74) is 2.36. The van der Waals surface area contributed by atoms with Crippen molar-refractivity contribution < 1.29 is 4.39 Å². The van der Waals surface area contributed by atoms with Gasteiger partial charge < -0.3 is 4.57 Å². The Bertz CT molecular complexity index is 682. The first kappa shape index (κ1) is 12.0. The predicted octanol–water partition coefficient (Wildman–Crippen LogP) is 4.78. The lowest BCUT2D eigenvalue weighted by molar-refractivity contribution is 0.580. The van der Waals surface area contributed by atoms with Gasteiger partial charge in [-0.15, -0.1) is 0 Å². The van der Waals surface area contributed by atoms with Gasteiger partial charge in [0, 0.05) is 11.7 Å². The minimum atomic E-state index is -0.184. The van der Waals surface area contributed by atoms with E-state index in [2.05, 4.69) is 42.0 Å². The molecule has 1 heterocycles. The molecule has 0 saturated carbocycles. The predicted molar refractivity (Wildman–Crippen MR) is 76.8 cm³/mol. The van der Waals surface area contributed by atoms with Crippen molar-refractivity contribution >= 4 is 10.9 Å². The van der Waals surface area contributed by atoms with Gasteiger partial charge >= 0.3 is 0 Å². The summed E-state index contributed by atoms with van der Waals surface area (Å²) < 4.78 is 15.3. The Morgan fingerprint density at radius 2 is 1.74 bits per heavy atom. The molecule has 2 heteroatoms. The molecule has 96 valence electrons. The quantitative estimate of drug-likeness (QED) is 0.633. The lowest BCUT2D eigenvalue weighted by Gasteiger charge is -2.19. The first-order valence-corrected chi connectivity index (χ1v) is 6.60. The molecule has 2 aromatic carbocycles. The van der Waals surface area contributed by atoms with Crippen LogP contribution in [-0.2, 0) is 0 Å². The first-order chi connectivity index (χ1) is 9.29. The molecule has 0 aliphatic carbocycles. The van der Waals surface area contributed by atoms with Crippen LogP contribution in [0.1, 0.15) is 24.9 Å². The number of nitrogens with zero attached hydrogens (tertiary/aromatic N) is 1. The summed E-state index contributed by atoms with van der Waals surface area (Å²) in [5.74, 6) is -0.184. The number of halogens is 1. The van der Waals surface area contributed by atoms with E-state index in [1.807, 2.05) is 18.2 Å². The van der Waals surface area contributed by atoms with Gasteiger partial charge in [-0.25, -0.2) is 4.39 Å². The van der Waals surface area contributed by atoms with Gasteiger partial charge in [0.05, 0.1) is 6.04 Å². The molecule has 1 aromatic heterocycles. The number of rotatable bonds is 3. The van der Waals surface area contributed by atoms with Crippen LogP contribution >= 0.6 is 0 Å². The Hall–Kier alpha value is -2.09. The van der Waals surface area contributed by atoms with Crippen molar-refractivity contribution in [3.8, 4) is 0 Å². The molecule has 0 aliphatic heterocycles. The van der Waals surface area contributed by atoms with Gasteiger partial charge in [-0.2, -0.15) is 0 Å². The smallest absolute Gasteiger partial charge is 0.123 e. The van der Waals surface area contributed by atoms with Crippen LogP contribution in [0, 0.1) is 5.82 Å². The molecule has 0 radical (unpaired) electrons. The fourth-order valence-electron chi connectivity index (χ4n) is 2.65. The van der Waals surface area contributed by atoms with Crippen molar-refractivity contribution in [2.75, 3.05) is 0 Å². The maximum absolute atomic E-state index is 13.0. The molecule has 3 aromatic rings. The van der Waals surface area contributed by atoms with E-state index in [9.17, 15) is 4.39 Å². The van der Waals surface area contributed by atoms with Gasteiger partial charge in [-0.1, -0.05) is 37.3 Å². The minimum Gasteiger partial charge on any atom is -0.340 e. The minimum absolute atomic E-state index is 0.184. The van der Waals surface area contributed by atoms with Gasteiger partial charge in [0.25, 0.3) is 0 Å². The van der Waals surface area contributed by atoms with Crippen molar-refractivity contribution in [3.05, 3.63) is 72.2 Å². The monoisotopic (exact) mass is 253 g/mol. The lowest BCUT2D eigenvalue weighted by atomic mass is 10.0. The number of para-hydroxylation sites is 1. The van der Waals surface area contributed by atoms with Gasteiger partial charge in [0.1, 0.15) is 5.82 Å². The summed E-state index contributed by atoms with van der Waals surface area (Å²) in [5, 5.41) is 1.24. The molecule has 0 aliphatic rings. The fourth-order valence-corrected chi connectivity index (χ4v) is 2.65. The molecule has 1 nitrogen and oxygen atoms in total. The molecule has 0 spiro atoms. The van der Waals surface area contributed by atoms with Crippen LogP contribution in [0.2, 0.25) is 0 Å². The molecule has 0 fully saturated rings. The molecule has 0 N–H and O–H groups in total. The third-order valence-corrected chi connectivity index (χ3v) is 3.61. The number of hydrogen-bond acceptors (Lipinski definition) is 0. The topological polar surface area (TPSA) is 4.93 Å².